The highest BCUT2D eigenvalue weighted by atomic mass is 16.6. The summed E-state index contributed by atoms with van der Waals surface area (Å²) in [6.07, 6.45) is -7.89. The van der Waals surface area contributed by atoms with Gasteiger partial charge in [-0.3, -0.25) is 0 Å². The maximum atomic E-state index is 12.7. The summed E-state index contributed by atoms with van der Waals surface area (Å²) in [5, 5.41) is 68.8. The summed E-state index contributed by atoms with van der Waals surface area (Å²) in [7, 11) is 3.13. The number of anilines is 2. The SMILES string of the molecule is CNC1[C@H](COC[C@@H]2C(COC(=O)c3cc(N)ccc3O)O[C@@H](O)C(NC)[C@@H]2O)OC(COCc2cc(N)ccc2O)[C@@H](O)[C@H]1O. The molecule has 16 nitrogen and oxygen atoms in total. The molecule has 2 aliphatic heterocycles. The number of nitrogen functional groups attached to an aromatic ring is 2. The summed E-state index contributed by atoms with van der Waals surface area (Å²) in [6, 6.07) is 6.88. The molecule has 2 aliphatic rings. The Labute approximate surface area is 265 Å². The van der Waals surface area contributed by atoms with Gasteiger partial charge in [0.1, 0.15) is 48.1 Å². The van der Waals surface area contributed by atoms with Gasteiger partial charge in [-0.15, -0.1) is 0 Å². The van der Waals surface area contributed by atoms with Gasteiger partial charge in [-0.1, -0.05) is 0 Å². The standard InChI is InChI=1S/C30H44N4O12/c1-33-24-22(45-23(27(38)28(24)39)12-42-9-14-7-15(31)3-5-19(14)35)11-43-10-18-21(46-30(41)25(34-2)26(18)37)13-44-29(40)17-8-16(32)4-6-20(17)36/h3-8,18,21-28,30,33-39,41H,9-13,31-32H2,1-2H3/t18-,21?,22+,23?,24?,25?,26-,27-,28+,30-/m1/s1. The quantitative estimate of drug-likeness (QED) is 0.0638. The molecule has 0 aliphatic carbocycles. The van der Waals surface area contributed by atoms with Crippen molar-refractivity contribution in [3.05, 3.63) is 47.5 Å². The number of esters is 1. The van der Waals surface area contributed by atoms with Gasteiger partial charge in [-0.05, 0) is 50.5 Å². The summed E-state index contributed by atoms with van der Waals surface area (Å²) in [5.74, 6) is -2.02. The maximum Gasteiger partial charge on any atom is 0.342 e. The molecule has 0 aromatic heterocycles. The number of rotatable bonds is 13. The lowest BCUT2D eigenvalue weighted by atomic mass is 9.88. The molecule has 2 aromatic rings. The van der Waals surface area contributed by atoms with Crippen LogP contribution in [-0.2, 0) is 30.3 Å². The average molecular weight is 653 g/mol. The van der Waals surface area contributed by atoms with E-state index < -0.39 is 73.5 Å². The van der Waals surface area contributed by atoms with Crippen molar-refractivity contribution in [2.75, 3.05) is 52.0 Å². The number of nitrogens with one attached hydrogen (secondary N) is 2. The van der Waals surface area contributed by atoms with Crippen LogP contribution in [0.15, 0.2) is 36.4 Å². The Hall–Kier alpha value is -3.29. The predicted octanol–water partition coefficient (Wildman–Crippen LogP) is -1.99. The van der Waals surface area contributed by atoms with E-state index in [0.29, 0.717) is 11.3 Å². The summed E-state index contributed by atoms with van der Waals surface area (Å²) in [6.45, 7) is -0.758. The lowest BCUT2D eigenvalue weighted by molar-refractivity contribution is -0.248. The Balaban J connectivity index is 1.38. The summed E-state index contributed by atoms with van der Waals surface area (Å²) in [4.78, 5) is 12.7. The molecule has 0 saturated carbocycles. The van der Waals surface area contributed by atoms with Gasteiger partial charge in [-0.2, -0.15) is 0 Å². The third-order valence-electron chi connectivity index (χ3n) is 8.28. The van der Waals surface area contributed by atoms with Gasteiger partial charge in [0, 0.05) is 22.9 Å². The van der Waals surface area contributed by atoms with Gasteiger partial charge in [-0.25, -0.2) is 4.79 Å². The van der Waals surface area contributed by atoms with Crippen LogP contribution >= 0.6 is 0 Å². The second kappa shape index (κ2) is 16.0. The van der Waals surface area contributed by atoms with Crippen LogP contribution in [0.1, 0.15) is 15.9 Å². The molecule has 256 valence electrons. The molecule has 0 amide bonds. The van der Waals surface area contributed by atoms with E-state index in [4.69, 9.17) is 35.2 Å². The molecule has 46 heavy (non-hydrogen) atoms. The first kappa shape index (κ1) is 35.6. The van der Waals surface area contributed by atoms with Crippen molar-refractivity contribution < 1.29 is 59.1 Å². The summed E-state index contributed by atoms with van der Waals surface area (Å²) < 4.78 is 28.7. The zero-order valence-electron chi connectivity index (χ0n) is 25.6. The van der Waals surface area contributed by atoms with E-state index in [1.807, 2.05) is 0 Å². The van der Waals surface area contributed by atoms with Gasteiger partial charge in [0.15, 0.2) is 6.29 Å². The first-order valence-corrected chi connectivity index (χ1v) is 14.8. The van der Waals surface area contributed by atoms with Gasteiger partial charge >= 0.3 is 5.97 Å². The Bertz CT molecular complexity index is 1300. The molecule has 12 N–H and O–H groups in total. The monoisotopic (exact) mass is 652 g/mol. The number of carbonyl (C=O) groups excluding carboxylic acids is 1. The molecule has 2 saturated heterocycles. The molecule has 2 heterocycles. The van der Waals surface area contributed by atoms with E-state index in [2.05, 4.69) is 10.6 Å². The van der Waals surface area contributed by atoms with Crippen LogP contribution in [0.25, 0.3) is 0 Å². The maximum absolute atomic E-state index is 12.7. The topological polar surface area (TPSA) is 261 Å². The normalized spacial score (nSPS) is 31.4. The number of hydrogen-bond donors (Lipinski definition) is 10. The van der Waals surface area contributed by atoms with Gasteiger partial charge in [0.25, 0.3) is 0 Å². The van der Waals surface area contributed by atoms with Gasteiger partial charge in [0.05, 0.1) is 50.7 Å². The Morgan fingerprint density at radius 2 is 1.41 bits per heavy atom. The molecule has 2 fully saturated rings. The molecule has 16 heteroatoms. The van der Waals surface area contributed by atoms with E-state index >= 15 is 0 Å². The number of hydrogen-bond acceptors (Lipinski definition) is 16. The van der Waals surface area contributed by atoms with Crippen LogP contribution in [0, 0.1) is 5.92 Å². The average Bonchev–Trinajstić information content (AvgIpc) is 3.02. The second-order valence-corrected chi connectivity index (χ2v) is 11.4. The number of phenols is 2. The van der Waals surface area contributed by atoms with Crippen LogP contribution in [0.2, 0.25) is 0 Å². The highest BCUT2D eigenvalue weighted by Crippen LogP contribution is 2.29. The summed E-state index contributed by atoms with van der Waals surface area (Å²) >= 11 is 0. The molecule has 4 unspecified atom stereocenters. The number of aromatic hydroxyl groups is 2. The lowest BCUT2D eigenvalue weighted by Gasteiger charge is -2.44. The lowest BCUT2D eigenvalue weighted by Crippen LogP contribution is -2.64. The second-order valence-electron chi connectivity index (χ2n) is 11.4. The third-order valence-corrected chi connectivity index (χ3v) is 8.28. The number of aliphatic hydroxyl groups is 4. The van der Waals surface area contributed by atoms with Crippen molar-refractivity contribution >= 4 is 17.3 Å². The predicted molar refractivity (Wildman–Crippen MR) is 163 cm³/mol. The van der Waals surface area contributed by atoms with Gasteiger partial charge in [0.2, 0.25) is 0 Å². The number of phenolic OH excluding ortho intramolecular Hbond substituents is 2. The molecule has 0 bridgehead atoms. The third kappa shape index (κ3) is 8.34. The van der Waals surface area contributed by atoms with Gasteiger partial charge < -0.3 is 76.4 Å². The minimum Gasteiger partial charge on any atom is -0.508 e. The highest BCUT2D eigenvalue weighted by molar-refractivity contribution is 5.93. The first-order chi connectivity index (χ1) is 21.9. The van der Waals surface area contributed by atoms with Crippen molar-refractivity contribution in [1.29, 1.82) is 0 Å². The zero-order valence-corrected chi connectivity index (χ0v) is 25.6. The first-order valence-electron chi connectivity index (χ1n) is 14.8. The Morgan fingerprint density at radius 3 is 2.11 bits per heavy atom. The molecule has 4 rings (SSSR count). The Morgan fingerprint density at radius 1 is 0.761 bits per heavy atom. The fourth-order valence-electron chi connectivity index (χ4n) is 5.66. The minimum absolute atomic E-state index is 0.00115. The molecular formula is C30H44N4O12. The molecular weight excluding hydrogens is 608 g/mol. The largest absolute Gasteiger partial charge is 0.508 e. The van der Waals surface area contributed by atoms with Crippen LogP contribution in [-0.4, -0.2) is 132 Å². The van der Waals surface area contributed by atoms with Crippen molar-refractivity contribution in [2.24, 2.45) is 5.92 Å². The van der Waals surface area contributed by atoms with E-state index in [1.165, 1.54) is 31.3 Å². The zero-order chi connectivity index (χ0) is 33.5. The van der Waals surface area contributed by atoms with E-state index in [1.54, 1.807) is 19.2 Å². The molecule has 0 radical (unpaired) electrons. The van der Waals surface area contributed by atoms with Crippen LogP contribution in [0.5, 0.6) is 11.5 Å². The highest BCUT2D eigenvalue weighted by Gasteiger charge is 2.46. The number of likely N-dealkylation sites (N-methyl/N-ethyl adjacent to an activating group) is 2. The fraction of sp³-hybridized carbons (Fsp3) is 0.567. The molecule has 2 aromatic carbocycles. The fourth-order valence-corrected chi connectivity index (χ4v) is 5.66. The van der Waals surface area contributed by atoms with E-state index in [9.17, 15) is 35.4 Å². The molecule has 0 spiro atoms. The van der Waals surface area contributed by atoms with Crippen LogP contribution < -0.4 is 22.1 Å². The minimum atomic E-state index is -1.43. The van der Waals surface area contributed by atoms with Crippen LogP contribution in [0.3, 0.4) is 0 Å². The van der Waals surface area contributed by atoms with Crippen molar-refractivity contribution in [2.45, 2.75) is 61.6 Å². The van der Waals surface area contributed by atoms with Crippen LogP contribution in [0.4, 0.5) is 11.4 Å². The number of benzene rings is 2. The van der Waals surface area contributed by atoms with Crippen molar-refractivity contribution in [1.82, 2.24) is 10.6 Å². The van der Waals surface area contributed by atoms with Crippen molar-refractivity contribution in [3.63, 3.8) is 0 Å². The number of aliphatic hydroxyl groups excluding tert-OH is 4. The number of carbonyl (C=O) groups is 1. The molecule has 10 atom stereocenters. The smallest absolute Gasteiger partial charge is 0.342 e. The van der Waals surface area contributed by atoms with E-state index in [0.717, 1.165) is 0 Å². The van der Waals surface area contributed by atoms with E-state index in [-0.39, 0.29) is 49.2 Å². The Kier molecular flexibility index (Phi) is 12.4. The van der Waals surface area contributed by atoms with Crippen molar-refractivity contribution in [3.8, 4) is 11.5 Å². The number of ether oxygens (including phenoxy) is 5. The number of nitrogens with two attached hydrogens (primary N) is 2. The summed E-state index contributed by atoms with van der Waals surface area (Å²) in [5.41, 5.74) is 12.5.